The number of anilines is 1. The molecule has 3 heterocycles. The Morgan fingerprint density at radius 1 is 1.33 bits per heavy atom. The normalized spacial score (nSPS) is 15.9. The highest BCUT2D eigenvalue weighted by atomic mass is 79.9. The van der Waals surface area contributed by atoms with Gasteiger partial charge in [-0.05, 0) is 47.0 Å². The van der Waals surface area contributed by atoms with Crippen LogP contribution in [-0.2, 0) is 6.42 Å². The number of nitrogens with zero attached hydrogens (tertiary/aromatic N) is 3. The van der Waals surface area contributed by atoms with Crippen LogP contribution in [0.4, 0.5) is 5.69 Å². The maximum absolute atomic E-state index is 5.55. The van der Waals surface area contributed by atoms with Crippen molar-refractivity contribution in [3.63, 3.8) is 0 Å². The Labute approximate surface area is 163 Å². The Balaban J connectivity index is 1.49. The van der Waals surface area contributed by atoms with E-state index >= 15 is 0 Å². The summed E-state index contributed by atoms with van der Waals surface area (Å²) in [6.45, 7) is 0. The molecule has 0 aliphatic heterocycles. The second-order valence-electron chi connectivity index (χ2n) is 6.44. The predicted molar refractivity (Wildman–Crippen MR) is 105 cm³/mol. The molecule has 0 amide bonds. The van der Waals surface area contributed by atoms with Gasteiger partial charge < -0.3 is 14.5 Å². The van der Waals surface area contributed by atoms with Gasteiger partial charge in [0.1, 0.15) is 11.4 Å². The van der Waals surface area contributed by atoms with E-state index in [-0.39, 0.29) is 6.04 Å². The minimum atomic E-state index is 0.139. The van der Waals surface area contributed by atoms with Crippen LogP contribution in [0, 0.1) is 0 Å². The molecule has 1 atom stereocenters. The Kier molecular flexibility index (Phi) is 3.86. The number of halogens is 1. The summed E-state index contributed by atoms with van der Waals surface area (Å²) in [5.41, 5.74) is 4.91. The summed E-state index contributed by atoms with van der Waals surface area (Å²) < 4.78 is 11.8. The molecule has 0 radical (unpaired) electrons. The highest BCUT2D eigenvalue weighted by molar-refractivity contribution is 9.10. The van der Waals surface area contributed by atoms with Crippen molar-refractivity contribution in [2.45, 2.75) is 18.9 Å². The zero-order valence-corrected chi connectivity index (χ0v) is 16.1. The molecule has 2 N–H and O–H groups in total. The summed E-state index contributed by atoms with van der Waals surface area (Å²) in [6.07, 6.45) is 6.77. The first-order valence-electron chi connectivity index (χ1n) is 8.59. The highest BCUT2D eigenvalue weighted by Crippen LogP contribution is 2.41. The number of ether oxygens (including phenoxy) is 1. The first kappa shape index (κ1) is 16.3. The molecule has 1 aromatic carbocycles. The fraction of sp³-hybridized carbons (Fsp3) is 0.211. The number of pyridine rings is 1. The summed E-state index contributed by atoms with van der Waals surface area (Å²) in [6, 6.07) is 6.26. The third-order valence-corrected chi connectivity index (χ3v) is 5.47. The topological polar surface area (TPSA) is 88.9 Å². The molecule has 1 aliphatic carbocycles. The third-order valence-electron chi connectivity index (χ3n) is 4.90. The zero-order chi connectivity index (χ0) is 18.4. The van der Waals surface area contributed by atoms with E-state index in [1.165, 1.54) is 6.39 Å². The van der Waals surface area contributed by atoms with Crippen LogP contribution in [0.15, 0.2) is 45.9 Å². The molecular weight excluding hydrogens is 410 g/mol. The van der Waals surface area contributed by atoms with Gasteiger partial charge in [0.05, 0.1) is 35.0 Å². The number of rotatable bonds is 4. The van der Waals surface area contributed by atoms with Gasteiger partial charge in [-0.25, -0.2) is 4.98 Å². The van der Waals surface area contributed by atoms with Crippen LogP contribution in [0.1, 0.15) is 23.7 Å². The van der Waals surface area contributed by atoms with Crippen LogP contribution in [0.25, 0.3) is 22.4 Å². The van der Waals surface area contributed by atoms with Crippen LogP contribution in [-0.4, -0.2) is 27.3 Å². The van der Waals surface area contributed by atoms with Crippen LogP contribution in [0.5, 0.6) is 5.75 Å². The van der Waals surface area contributed by atoms with Gasteiger partial charge in [0.15, 0.2) is 12.2 Å². The molecule has 0 saturated heterocycles. The number of aromatic nitrogens is 4. The van der Waals surface area contributed by atoms with E-state index in [0.29, 0.717) is 5.76 Å². The number of hydrogen-bond acceptors (Lipinski definition) is 6. The van der Waals surface area contributed by atoms with E-state index in [1.54, 1.807) is 19.5 Å². The van der Waals surface area contributed by atoms with E-state index in [1.807, 2.05) is 12.1 Å². The first-order valence-corrected chi connectivity index (χ1v) is 9.38. The number of oxazole rings is 1. The van der Waals surface area contributed by atoms with Crippen molar-refractivity contribution in [3.05, 3.63) is 52.7 Å². The Bertz CT molecular complexity index is 1120. The molecule has 8 heteroatoms. The average molecular weight is 426 g/mol. The van der Waals surface area contributed by atoms with Crippen LogP contribution >= 0.6 is 15.9 Å². The number of aromatic amines is 1. The minimum absolute atomic E-state index is 0.139. The molecule has 136 valence electrons. The zero-order valence-electron chi connectivity index (χ0n) is 14.5. The van der Waals surface area contributed by atoms with Crippen molar-refractivity contribution >= 4 is 32.5 Å². The predicted octanol–water partition coefficient (Wildman–Crippen LogP) is 4.48. The van der Waals surface area contributed by atoms with Gasteiger partial charge in [-0.1, -0.05) is 0 Å². The molecule has 0 bridgehead atoms. The summed E-state index contributed by atoms with van der Waals surface area (Å²) >= 11 is 3.51. The van der Waals surface area contributed by atoms with E-state index in [0.717, 1.165) is 56.6 Å². The molecule has 0 saturated carbocycles. The second-order valence-corrected chi connectivity index (χ2v) is 7.29. The molecule has 0 fully saturated rings. The second kappa shape index (κ2) is 6.38. The Morgan fingerprint density at radius 2 is 2.26 bits per heavy atom. The van der Waals surface area contributed by atoms with Crippen LogP contribution < -0.4 is 10.1 Å². The number of methoxy groups -OCH3 is 1. The Morgan fingerprint density at radius 3 is 3.07 bits per heavy atom. The maximum atomic E-state index is 5.55. The molecule has 5 rings (SSSR count). The third kappa shape index (κ3) is 2.68. The summed E-state index contributed by atoms with van der Waals surface area (Å²) in [5.74, 6) is 1.52. The van der Waals surface area contributed by atoms with Gasteiger partial charge in [0, 0.05) is 22.8 Å². The molecule has 0 spiro atoms. The Hall–Kier alpha value is -2.87. The van der Waals surface area contributed by atoms with E-state index in [4.69, 9.17) is 9.15 Å². The lowest BCUT2D eigenvalue weighted by atomic mass is 10.1. The lowest BCUT2D eigenvalue weighted by Gasteiger charge is -2.16. The highest BCUT2D eigenvalue weighted by Gasteiger charge is 2.28. The number of fused-ring (bicyclic) bond motifs is 2. The lowest BCUT2D eigenvalue weighted by molar-refractivity contribution is 0.407. The summed E-state index contributed by atoms with van der Waals surface area (Å²) in [5, 5.41) is 12.0. The van der Waals surface area contributed by atoms with Crippen molar-refractivity contribution in [1.29, 1.82) is 0 Å². The van der Waals surface area contributed by atoms with E-state index in [2.05, 4.69) is 47.5 Å². The SMILES string of the molecule is COc1c(Br)cnc2c1CCC2Nc1ccc2[nH]nc(-c3cnco3)c2c1. The number of H-pyrrole nitrogens is 1. The van der Waals surface area contributed by atoms with Crippen molar-refractivity contribution < 1.29 is 9.15 Å². The lowest BCUT2D eigenvalue weighted by Crippen LogP contribution is -2.09. The van der Waals surface area contributed by atoms with Crippen LogP contribution in [0.3, 0.4) is 0 Å². The average Bonchev–Trinajstić information content (AvgIpc) is 3.41. The van der Waals surface area contributed by atoms with Crippen molar-refractivity contribution in [2.24, 2.45) is 0 Å². The molecule has 4 aromatic rings. The van der Waals surface area contributed by atoms with Gasteiger partial charge in [0.25, 0.3) is 0 Å². The van der Waals surface area contributed by atoms with Crippen LogP contribution in [0.2, 0.25) is 0 Å². The van der Waals surface area contributed by atoms with Gasteiger partial charge in [-0.3, -0.25) is 10.1 Å². The summed E-state index contributed by atoms with van der Waals surface area (Å²) in [7, 11) is 1.69. The molecule has 7 nitrogen and oxygen atoms in total. The number of nitrogens with one attached hydrogen (secondary N) is 2. The van der Waals surface area contributed by atoms with Crippen molar-refractivity contribution in [3.8, 4) is 17.2 Å². The standard InChI is InChI=1S/C19H16BrN5O2/c1-26-19-11-3-5-15(17(11)22-7-13(19)20)23-10-2-4-14-12(6-10)18(25-24-14)16-8-21-9-27-16/h2,4,6-9,15,23H,3,5H2,1H3,(H,24,25). The van der Waals surface area contributed by atoms with Gasteiger partial charge in [-0.2, -0.15) is 5.10 Å². The monoisotopic (exact) mass is 425 g/mol. The molecule has 1 unspecified atom stereocenters. The van der Waals surface area contributed by atoms with E-state index < -0.39 is 0 Å². The molecule has 1 aliphatic rings. The minimum Gasteiger partial charge on any atom is -0.495 e. The molecule has 27 heavy (non-hydrogen) atoms. The number of benzene rings is 1. The first-order chi connectivity index (χ1) is 13.2. The van der Waals surface area contributed by atoms with Crippen molar-refractivity contribution in [1.82, 2.24) is 20.2 Å². The quantitative estimate of drug-likeness (QED) is 0.500. The fourth-order valence-electron chi connectivity index (χ4n) is 3.68. The summed E-state index contributed by atoms with van der Waals surface area (Å²) in [4.78, 5) is 8.60. The number of hydrogen-bond donors (Lipinski definition) is 2. The van der Waals surface area contributed by atoms with Crippen molar-refractivity contribution in [2.75, 3.05) is 12.4 Å². The van der Waals surface area contributed by atoms with E-state index in [9.17, 15) is 0 Å². The molecule has 3 aromatic heterocycles. The maximum Gasteiger partial charge on any atom is 0.181 e. The smallest absolute Gasteiger partial charge is 0.181 e. The van der Waals surface area contributed by atoms with Gasteiger partial charge in [0.2, 0.25) is 0 Å². The molecular formula is C19H16BrN5O2. The van der Waals surface area contributed by atoms with Gasteiger partial charge >= 0.3 is 0 Å². The largest absolute Gasteiger partial charge is 0.495 e. The fourth-order valence-corrected chi connectivity index (χ4v) is 4.18. The van der Waals surface area contributed by atoms with Gasteiger partial charge in [-0.15, -0.1) is 0 Å².